The molecule has 1 aromatic heterocycles. The van der Waals surface area contributed by atoms with Crippen molar-refractivity contribution in [2.24, 2.45) is 0 Å². The number of amides is 1. The molecule has 19 heavy (non-hydrogen) atoms. The summed E-state index contributed by atoms with van der Waals surface area (Å²) in [6, 6.07) is 3.70. The van der Waals surface area contributed by atoms with E-state index >= 15 is 0 Å². The number of likely N-dealkylation sites (N-methyl/N-ethyl adjacent to an activating group) is 1. The maximum absolute atomic E-state index is 12.5. The first kappa shape index (κ1) is 14.1. The summed E-state index contributed by atoms with van der Waals surface area (Å²) in [5.41, 5.74) is 0. The zero-order valence-electron chi connectivity index (χ0n) is 11.8. The number of hydrogen-bond acceptors (Lipinski definition) is 4. The summed E-state index contributed by atoms with van der Waals surface area (Å²) in [6.07, 6.45) is 1.65. The molecule has 1 aromatic rings. The predicted molar refractivity (Wildman–Crippen MR) is 73.7 cm³/mol. The minimum absolute atomic E-state index is 0.0583. The average Bonchev–Trinajstić information content (AvgIpc) is 2.97. The average molecular weight is 265 g/mol. The van der Waals surface area contributed by atoms with Gasteiger partial charge in [0.2, 0.25) is 5.91 Å². The lowest BCUT2D eigenvalue weighted by Gasteiger charge is -2.34. The van der Waals surface area contributed by atoms with Gasteiger partial charge in [0.15, 0.2) is 0 Å². The molecule has 0 bridgehead atoms. The number of nitrogens with zero attached hydrogens (tertiary/aromatic N) is 2. The van der Waals surface area contributed by atoms with Gasteiger partial charge in [-0.3, -0.25) is 9.69 Å². The molecule has 1 aliphatic rings. The molecule has 1 amide bonds. The van der Waals surface area contributed by atoms with E-state index in [2.05, 4.69) is 10.2 Å². The maximum Gasteiger partial charge on any atom is 0.240 e. The Balaban J connectivity index is 1.95. The second kappa shape index (κ2) is 6.73. The first-order valence-corrected chi connectivity index (χ1v) is 6.98. The Morgan fingerprint density at radius 2 is 2.26 bits per heavy atom. The van der Waals surface area contributed by atoms with E-state index in [0.29, 0.717) is 13.1 Å². The van der Waals surface area contributed by atoms with Crippen molar-refractivity contribution in [3.63, 3.8) is 0 Å². The molecule has 0 spiro atoms. The molecular weight excluding hydrogens is 242 g/mol. The monoisotopic (exact) mass is 265 g/mol. The molecule has 0 radical (unpaired) electrons. The third-order valence-corrected chi connectivity index (χ3v) is 3.68. The minimum atomic E-state index is -0.0583. The van der Waals surface area contributed by atoms with E-state index in [-0.39, 0.29) is 11.9 Å². The van der Waals surface area contributed by atoms with E-state index in [9.17, 15) is 4.79 Å². The summed E-state index contributed by atoms with van der Waals surface area (Å²) in [4.78, 5) is 16.6. The van der Waals surface area contributed by atoms with Crippen molar-refractivity contribution in [2.45, 2.75) is 26.4 Å². The molecule has 2 heterocycles. The lowest BCUT2D eigenvalue weighted by molar-refractivity contribution is -0.137. The molecule has 1 fully saturated rings. The quantitative estimate of drug-likeness (QED) is 0.860. The predicted octanol–water partition coefficient (Wildman–Crippen LogP) is 0.922. The summed E-state index contributed by atoms with van der Waals surface area (Å²) < 4.78 is 5.32. The molecule has 1 atom stereocenters. The second-order valence-corrected chi connectivity index (χ2v) is 4.89. The molecule has 0 saturated carbocycles. The van der Waals surface area contributed by atoms with Crippen LogP contribution in [0.25, 0.3) is 0 Å². The van der Waals surface area contributed by atoms with Gasteiger partial charge in [-0.05, 0) is 26.0 Å². The fourth-order valence-electron chi connectivity index (χ4n) is 2.43. The Bertz CT molecular complexity index is 385. The largest absolute Gasteiger partial charge is 0.467 e. The van der Waals surface area contributed by atoms with Crippen LogP contribution in [0.2, 0.25) is 0 Å². The number of carbonyl (C=O) groups is 1. The summed E-state index contributed by atoms with van der Waals surface area (Å²) in [5, 5.41) is 3.31. The molecule has 1 saturated heterocycles. The highest BCUT2D eigenvalue weighted by atomic mass is 16.3. The van der Waals surface area contributed by atoms with Crippen LogP contribution in [0.5, 0.6) is 0 Å². The van der Waals surface area contributed by atoms with Crippen LogP contribution < -0.4 is 5.32 Å². The van der Waals surface area contributed by atoms with Crippen molar-refractivity contribution >= 4 is 5.91 Å². The zero-order chi connectivity index (χ0) is 13.7. The Kier molecular flexibility index (Phi) is 4.99. The Hall–Kier alpha value is -1.33. The Labute approximate surface area is 114 Å². The van der Waals surface area contributed by atoms with Gasteiger partial charge < -0.3 is 14.6 Å². The topological polar surface area (TPSA) is 48.7 Å². The molecule has 2 rings (SSSR count). The molecule has 106 valence electrons. The number of piperazine rings is 1. The van der Waals surface area contributed by atoms with E-state index in [0.717, 1.165) is 31.9 Å². The zero-order valence-corrected chi connectivity index (χ0v) is 11.8. The standard InChI is InChI=1S/C14H23N3O2/c1-3-16(11-13-5-4-10-19-13)14(18)12(2)17-8-6-15-7-9-17/h4-5,10,12,15H,3,6-9,11H2,1-2H3. The van der Waals surface area contributed by atoms with Crippen molar-refractivity contribution in [3.8, 4) is 0 Å². The first-order valence-electron chi connectivity index (χ1n) is 6.98. The number of nitrogens with one attached hydrogen (secondary N) is 1. The van der Waals surface area contributed by atoms with Gasteiger partial charge in [0.1, 0.15) is 5.76 Å². The molecule has 5 heteroatoms. The summed E-state index contributed by atoms with van der Waals surface area (Å²) in [7, 11) is 0. The van der Waals surface area contributed by atoms with E-state index in [4.69, 9.17) is 4.42 Å². The number of rotatable bonds is 5. The first-order chi connectivity index (χ1) is 9.22. The maximum atomic E-state index is 12.5. The van der Waals surface area contributed by atoms with Crippen molar-refractivity contribution in [2.75, 3.05) is 32.7 Å². The van der Waals surface area contributed by atoms with E-state index in [1.165, 1.54) is 0 Å². The fourth-order valence-corrected chi connectivity index (χ4v) is 2.43. The van der Waals surface area contributed by atoms with Crippen LogP contribution in [0.15, 0.2) is 22.8 Å². The third-order valence-electron chi connectivity index (χ3n) is 3.68. The van der Waals surface area contributed by atoms with Crippen LogP contribution in [0, 0.1) is 0 Å². The van der Waals surface area contributed by atoms with E-state index in [1.807, 2.05) is 30.9 Å². The minimum Gasteiger partial charge on any atom is -0.467 e. The lowest BCUT2D eigenvalue weighted by Crippen LogP contribution is -2.53. The van der Waals surface area contributed by atoms with Gasteiger partial charge in [-0.15, -0.1) is 0 Å². The molecule has 1 N–H and O–H groups in total. The molecular formula is C14H23N3O2. The van der Waals surface area contributed by atoms with Crippen LogP contribution in [-0.4, -0.2) is 54.5 Å². The normalized spacial score (nSPS) is 18.2. The van der Waals surface area contributed by atoms with Crippen LogP contribution in [0.4, 0.5) is 0 Å². The molecule has 0 aromatic carbocycles. The van der Waals surface area contributed by atoms with Gasteiger partial charge in [-0.25, -0.2) is 0 Å². The third kappa shape index (κ3) is 3.58. The smallest absolute Gasteiger partial charge is 0.240 e. The van der Waals surface area contributed by atoms with Gasteiger partial charge in [-0.1, -0.05) is 0 Å². The summed E-state index contributed by atoms with van der Waals surface area (Å²) in [5.74, 6) is 1.02. The number of furan rings is 1. The number of hydrogen-bond donors (Lipinski definition) is 1. The van der Waals surface area contributed by atoms with Crippen LogP contribution >= 0.6 is 0 Å². The Morgan fingerprint density at radius 3 is 2.84 bits per heavy atom. The van der Waals surface area contributed by atoms with Gasteiger partial charge in [0.25, 0.3) is 0 Å². The fraction of sp³-hybridized carbons (Fsp3) is 0.643. The van der Waals surface area contributed by atoms with Crippen molar-refractivity contribution in [3.05, 3.63) is 24.2 Å². The highest BCUT2D eigenvalue weighted by Crippen LogP contribution is 2.10. The lowest BCUT2D eigenvalue weighted by atomic mass is 10.2. The highest BCUT2D eigenvalue weighted by Gasteiger charge is 2.26. The van der Waals surface area contributed by atoms with Crippen molar-refractivity contribution < 1.29 is 9.21 Å². The van der Waals surface area contributed by atoms with E-state index in [1.54, 1.807) is 6.26 Å². The molecule has 1 unspecified atom stereocenters. The number of carbonyl (C=O) groups excluding carboxylic acids is 1. The van der Waals surface area contributed by atoms with E-state index < -0.39 is 0 Å². The molecule has 0 aliphatic carbocycles. The van der Waals surface area contributed by atoms with Crippen LogP contribution in [0.1, 0.15) is 19.6 Å². The van der Waals surface area contributed by atoms with Crippen molar-refractivity contribution in [1.82, 2.24) is 15.1 Å². The van der Waals surface area contributed by atoms with Gasteiger partial charge in [0.05, 0.1) is 18.8 Å². The summed E-state index contributed by atoms with van der Waals surface area (Å²) in [6.45, 7) is 9.05. The highest BCUT2D eigenvalue weighted by molar-refractivity contribution is 5.81. The summed E-state index contributed by atoms with van der Waals surface area (Å²) >= 11 is 0. The van der Waals surface area contributed by atoms with Gasteiger partial charge in [-0.2, -0.15) is 0 Å². The second-order valence-electron chi connectivity index (χ2n) is 4.89. The van der Waals surface area contributed by atoms with Crippen LogP contribution in [-0.2, 0) is 11.3 Å². The molecule has 5 nitrogen and oxygen atoms in total. The van der Waals surface area contributed by atoms with Crippen LogP contribution in [0.3, 0.4) is 0 Å². The van der Waals surface area contributed by atoms with Gasteiger partial charge >= 0.3 is 0 Å². The van der Waals surface area contributed by atoms with Crippen molar-refractivity contribution in [1.29, 1.82) is 0 Å². The Morgan fingerprint density at radius 1 is 1.53 bits per heavy atom. The molecule has 1 aliphatic heterocycles. The van der Waals surface area contributed by atoms with Gasteiger partial charge in [0, 0.05) is 32.7 Å². The SMILES string of the molecule is CCN(Cc1ccco1)C(=O)C(C)N1CCNCC1.